The van der Waals surface area contributed by atoms with Crippen molar-refractivity contribution in [2.45, 2.75) is 136 Å². The van der Waals surface area contributed by atoms with E-state index in [0.717, 1.165) is 30.4 Å². The molecular formula is C36H58O9. The van der Waals surface area contributed by atoms with Crippen LogP contribution in [0.1, 0.15) is 93.4 Å². The smallest absolute Gasteiger partial charge is 0.333 e. The fourth-order valence-electron chi connectivity index (χ4n) is 5.51. The van der Waals surface area contributed by atoms with E-state index in [-0.39, 0.29) is 37.6 Å². The third-order valence-corrected chi connectivity index (χ3v) is 8.82. The van der Waals surface area contributed by atoms with Gasteiger partial charge in [-0.25, -0.2) is 4.79 Å². The lowest BCUT2D eigenvalue weighted by molar-refractivity contribution is -0.214. The summed E-state index contributed by atoms with van der Waals surface area (Å²) in [6.07, 6.45) is 6.83. The maximum absolute atomic E-state index is 13.0. The Hall–Kier alpha value is -2.14. The van der Waals surface area contributed by atoms with Crippen LogP contribution < -0.4 is 0 Å². The Morgan fingerprint density at radius 1 is 1.02 bits per heavy atom. The molecule has 3 N–H and O–H groups in total. The van der Waals surface area contributed by atoms with E-state index in [1.807, 2.05) is 19.9 Å². The third-order valence-electron chi connectivity index (χ3n) is 8.82. The molecule has 256 valence electrons. The molecule has 0 aliphatic carbocycles. The molecule has 9 heteroatoms. The number of epoxide rings is 1. The number of ketones is 1. The van der Waals surface area contributed by atoms with Gasteiger partial charge in [0, 0.05) is 19.1 Å². The predicted octanol–water partition coefficient (Wildman–Crippen LogP) is 5.37. The molecule has 2 rings (SSSR count). The van der Waals surface area contributed by atoms with E-state index in [0.29, 0.717) is 24.3 Å². The minimum Gasteiger partial charge on any atom is -0.457 e. The Bertz CT molecular complexity index is 1070. The molecule has 0 spiro atoms. The minimum atomic E-state index is -1.70. The van der Waals surface area contributed by atoms with E-state index in [4.69, 9.17) is 18.9 Å². The van der Waals surface area contributed by atoms with Gasteiger partial charge in [-0.3, -0.25) is 4.79 Å². The van der Waals surface area contributed by atoms with E-state index in [9.17, 15) is 24.9 Å². The molecule has 0 aromatic carbocycles. The van der Waals surface area contributed by atoms with Gasteiger partial charge in [-0.2, -0.15) is 0 Å². The molecule has 0 bridgehead atoms. The number of Topliss-reactive ketones (excluding diaryl/α,β-unsaturated/α-hetero) is 1. The van der Waals surface area contributed by atoms with Crippen molar-refractivity contribution in [1.29, 1.82) is 0 Å². The summed E-state index contributed by atoms with van der Waals surface area (Å²) in [5.74, 6) is -2.34. The van der Waals surface area contributed by atoms with E-state index in [1.165, 1.54) is 7.11 Å². The summed E-state index contributed by atoms with van der Waals surface area (Å²) in [5.41, 5.74) is 2.52. The Kier molecular flexibility index (Phi) is 15.8. The topological polar surface area (TPSA) is 135 Å². The van der Waals surface area contributed by atoms with Crippen LogP contribution in [0.4, 0.5) is 0 Å². The van der Waals surface area contributed by atoms with Gasteiger partial charge < -0.3 is 34.3 Å². The van der Waals surface area contributed by atoms with Crippen molar-refractivity contribution in [2.75, 3.05) is 13.7 Å². The number of ether oxygens (including phenoxy) is 4. The van der Waals surface area contributed by atoms with Crippen LogP contribution in [0.2, 0.25) is 0 Å². The summed E-state index contributed by atoms with van der Waals surface area (Å²) >= 11 is 0. The number of esters is 1. The van der Waals surface area contributed by atoms with Crippen LogP contribution in [0.3, 0.4) is 0 Å². The standard InChI is InChI=1S/C36H58O9/c1-22-15-23(2)17-32-31(45-32)14-12-10-11-13-24(3)35(41)44-29(21-43-36(7,8)42-9)19-27(6)33(39)34(40)30(38)20-28(37)18-26(5)25(4)16-22/h12-14,16,23,26-29,31-34,37,39-40H,1,10-11,15,17-21H2,2-9H3/b14-12+,24-13+,25-16+/t23-,26+,27-,28+,29-,31+,32+,33+,34+/m1/s1. The van der Waals surface area contributed by atoms with E-state index >= 15 is 0 Å². The number of hydrogen-bond donors (Lipinski definition) is 3. The normalized spacial score (nSPS) is 37.4. The molecule has 9 atom stereocenters. The lowest BCUT2D eigenvalue weighted by Crippen LogP contribution is -2.42. The van der Waals surface area contributed by atoms with Crippen LogP contribution >= 0.6 is 0 Å². The summed E-state index contributed by atoms with van der Waals surface area (Å²) in [4.78, 5) is 25.8. The molecule has 2 aliphatic rings. The van der Waals surface area contributed by atoms with Gasteiger partial charge in [0.1, 0.15) is 18.3 Å². The molecule has 9 nitrogen and oxygen atoms in total. The first-order chi connectivity index (χ1) is 21.0. The largest absolute Gasteiger partial charge is 0.457 e. The molecular weight excluding hydrogens is 576 g/mol. The molecule has 1 saturated heterocycles. The van der Waals surface area contributed by atoms with Crippen molar-refractivity contribution >= 4 is 11.8 Å². The van der Waals surface area contributed by atoms with Gasteiger partial charge in [-0.15, -0.1) is 0 Å². The molecule has 0 radical (unpaired) electrons. The summed E-state index contributed by atoms with van der Waals surface area (Å²) in [6, 6.07) is 0. The second kappa shape index (κ2) is 18.3. The van der Waals surface area contributed by atoms with Crippen molar-refractivity contribution in [2.24, 2.45) is 17.8 Å². The number of cyclic esters (lactones) is 1. The molecule has 0 unspecified atom stereocenters. The fraction of sp³-hybridized carbons (Fsp3) is 0.722. The van der Waals surface area contributed by atoms with E-state index in [2.05, 4.69) is 31.7 Å². The number of aliphatic hydroxyl groups excluding tert-OH is 3. The Morgan fingerprint density at radius 3 is 2.38 bits per heavy atom. The van der Waals surface area contributed by atoms with Crippen LogP contribution in [-0.4, -0.2) is 83.2 Å². The van der Waals surface area contributed by atoms with Crippen molar-refractivity contribution in [3.8, 4) is 0 Å². The van der Waals surface area contributed by atoms with Gasteiger partial charge in [0.05, 0.1) is 24.9 Å². The minimum absolute atomic E-state index is 0.00927. The highest BCUT2D eigenvalue weighted by atomic mass is 16.7. The number of carbonyl (C=O) groups is 2. The summed E-state index contributed by atoms with van der Waals surface area (Å²) < 4.78 is 22.8. The maximum atomic E-state index is 13.0. The molecule has 2 aliphatic heterocycles. The second-order valence-corrected chi connectivity index (χ2v) is 13.7. The molecule has 0 aromatic heterocycles. The number of carbonyl (C=O) groups excluding carboxylic acids is 2. The monoisotopic (exact) mass is 634 g/mol. The van der Waals surface area contributed by atoms with Crippen molar-refractivity contribution in [3.63, 3.8) is 0 Å². The molecule has 2 heterocycles. The molecule has 0 amide bonds. The Labute approximate surface area is 270 Å². The second-order valence-electron chi connectivity index (χ2n) is 13.7. The number of allylic oxidation sites excluding steroid dienone is 5. The first-order valence-electron chi connectivity index (χ1n) is 16.3. The van der Waals surface area contributed by atoms with E-state index < -0.39 is 47.9 Å². The zero-order valence-electron chi connectivity index (χ0n) is 28.7. The van der Waals surface area contributed by atoms with Crippen LogP contribution in [0.15, 0.2) is 47.6 Å². The third kappa shape index (κ3) is 14.0. The number of fused-ring (bicyclic) bond motifs is 1. The highest BCUT2D eigenvalue weighted by molar-refractivity contribution is 5.87. The average molecular weight is 635 g/mol. The van der Waals surface area contributed by atoms with Gasteiger partial charge in [0.25, 0.3) is 0 Å². The fourth-order valence-corrected chi connectivity index (χ4v) is 5.51. The van der Waals surface area contributed by atoms with Crippen molar-refractivity contribution < 1.29 is 43.9 Å². The van der Waals surface area contributed by atoms with Crippen molar-refractivity contribution in [1.82, 2.24) is 0 Å². The summed E-state index contributed by atoms with van der Waals surface area (Å²) in [5, 5.41) is 32.3. The van der Waals surface area contributed by atoms with Gasteiger partial charge in [-0.05, 0) is 84.0 Å². The van der Waals surface area contributed by atoms with Gasteiger partial charge in [0.15, 0.2) is 11.6 Å². The predicted molar refractivity (Wildman–Crippen MR) is 174 cm³/mol. The van der Waals surface area contributed by atoms with E-state index in [1.54, 1.807) is 27.7 Å². The number of hydrogen-bond acceptors (Lipinski definition) is 9. The first-order valence-corrected chi connectivity index (χ1v) is 16.3. The van der Waals surface area contributed by atoms with Crippen LogP contribution in [0, 0.1) is 17.8 Å². The molecule has 45 heavy (non-hydrogen) atoms. The zero-order chi connectivity index (χ0) is 33.9. The van der Waals surface area contributed by atoms with Crippen LogP contribution in [0.25, 0.3) is 0 Å². The maximum Gasteiger partial charge on any atom is 0.333 e. The first kappa shape index (κ1) is 39.0. The van der Waals surface area contributed by atoms with Gasteiger partial charge in [-0.1, -0.05) is 62.8 Å². The molecule has 1 fully saturated rings. The summed E-state index contributed by atoms with van der Waals surface area (Å²) in [7, 11) is 1.51. The van der Waals surface area contributed by atoms with Gasteiger partial charge >= 0.3 is 5.97 Å². The SMILES string of the molecule is C=C1/C=C(\C)[C@@H](C)C[C@H](O)CC(=O)[C@H](O)[C@@H](O)[C@H](C)C[C@H](COC(C)(C)OC)OC(=O)/C(C)=C/CC/C=C/[C@@H]2O[C@H]2C[C@H](C)C1. The van der Waals surface area contributed by atoms with Crippen molar-refractivity contribution in [3.05, 3.63) is 47.6 Å². The Morgan fingerprint density at radius 2 is 1.71 bits per heavy atom. The lowest BCUT2D eigenvalue weighted by Gasteiger charge is -2.30. The average Bonchev–Trinajstić information content (AvgIpc) is 3.70. The molecule has 0 saturated carbocycles. The number of methoxy groups -OCH3 is 1. The quantitative estimate of drug-likeness (QED) is 0.161. The van der Waals surface area contributed by atoms with Crippen LogP contribution in [0.5, 0.6) is 0 Å². The van der Waals surface area contributed by atoms with Gasteiger partial charge in [0.2, 0.25) is 0 Å². The summed E-state index contributed by atoms with van der Waals surface area (Å²) in [6.45, 7) is 17.2. The Balaban J connectivity index is 2.22. The van der Waals surface area contributed by atoms with Crippen LogP contribution in [-0.2, 0) is 28.5 Å². The number of rotatable bonds is 4. The number of aliphatic hydroxyl groups is 3. The molecule has 0 aromatic rings. The lowest BCUT2D eigenvalue weighted by atomic mass is 9.88. The zero-order valence-corrected chi connectivity index (χ0v) is 28.7. The highest BCUT2D eigenvalue weighted by Crippen LogP contribution is 2.32. The highest BCUT2D eigenvalue weighted by Gasteiger charge is 2.37.